The number of ether oxygens (including phenoxy) is 1. The van der Waals surface area contributed by atoms with E-state index in [1.54, 1.807) is 55.6 Å². The standard InChI is InChI=1S/C20H22N2O4/c1-3-20(15-9-11-16(26-2)12-10-15)18(24)22(19(25)21-20)13-17(23)14-7-5-4-6-8-14/h4-12,17,23H,3,13H2,1-2H3,(H,21,25)/t17-,20+/m0/s1. The van der Waals surface area contributed by atoms with Crippen LogP contribution < -0.4 is 10.1 Å². The zero-order chi connectivity index (χ0) is 18.7. The first-order chi connectivity index (χ1) is 12.5. The smallest absolute Gasteiger partial charge is 0.325 e. The van der Waals surface area contributed by atoms with Crippen LogP contribution in [-0.2, 0) is 10.3 Å². The molecule has 2 aromatic rings. The average molecular weight is 354 g/mol. The number of carbonyl (C=O) groups excluding carboxylic acids is 2. The highest BCUT2D eigenvalue weighted by Gasteiger charge is 2.51. The van der Waals surface area contributed by atoms with E-state index < -0.39 is 17.7 Å². The Balaban J connectivity index is 1.86. The van der Waals surface area contributed by atoms with Crippen LogP contribution in [0.25, 0.3) is 0 Å². The molecule has 1 saturated heterocycles. The molecule has 0 unspecified atom stereocenters. The molecule has 0 bridgehead atoms. The summed E-state index contributed by atoms with van der Waals surface area (Å²) in [4.78, 5) is 26.7. The number of methoxy groups -OCH3 is 1. The number of hydrogen-bond acceptors (Lipinski definition) is 4. The van der Waals surface area contributed by atoms with Gasteiger partial charge in [-0.25, -0.2) is 4.79 Å². The molecule has 6 heteroatoms. The molecule has 1 aliphatic heterocycles. The lowest BCUT2D eigenvalue weighted by molar-refractivity contribution is -0.132. The Morgan fingerprint density at radius 3 is 2.35 bits per heavy atom. The number of aliphatic hydroxyl groups excluding tert-OH is 1. The van der Waals surface area contributed by atoms with Crippen LogP contribution in [-0.4, -0.2) is 35.6 Å². The van der Waals surface area contributed by atoms with Crippen molar-refractivity contribution >= 4 is 11.9 Å². The molecule has 1 fully saturated rings. The molecule has 0 radical (unpaired) electrons. The summed E-state index contributed by atoms with van der Waals surface area (Å²) in [6.07, 6.45) is -0.531. The summed E-state index contributed by atoms with van der Waals surface area (Å²) in [6, 6.07) is 15.5. The molecule has 136 valence electrons. The minimum absolute atomic E-state index is 0.0907. The van der Waals surface area contributed by atoms with Gasteiger partial charge in [0, 0.05) is 0 Å². The van der Waals surface area contributed by atoms with E-state index in [0.29, 0.717) is 23.3 Å². The van der Waals surface area contributed by atoms with Gasteiger partial charge in [0.15, 0.2) is 0 Å². The Bertz CT molecular complexity index is 791. The number of imide groups is 1. The van der Waals surface area contributed by atoms with Crippen molar-refractivity contribution in [3.05, 3.63) is 65.7 Å². The topological polar surface area (TPSA) is 78.9 Å². The maximum absolute atomic E-state index is 13.1. The molecule has 6 nitrogen and oxygen atoms in total. The first-order valence-corrected chi connectivity index (χ1v) is 8.53. The van der Waals surface area contributed by atoms with Gasteiger partial charge in [0.2, 0.25) is 0 Å². The van der Waals surface area contributed by atoms with E-state index >= 15 is 0 Å². The van der Waals surface area contributed by atoms with Gasteiger partial charge in [-0.15, -0.1) is 0 Å². The quantitative estimate of drug-likeness (QED) is 0.782. The number of benzene rings is 2. The molecular weight excluding hydrogens is 332 g/mol. The second kappa shape index (κ2) is 7.17. The molecule has 0 spiro atoms. The summed E-state index contributed by atoms with van der Waals surface area (Å²) in [5.74, 6) is 0.318. The first-order valence-electron chi connectivity index (χ1n) is 8.53. The predicted octanol–water partition coefficient (Wildman–Crippen LogP) is 2.59. The number of nitrogens with one attached hydrogen (secondary N) is 1. The Labute approximate surface area is 152 Å². The molecule has 2 atom stereocenters. The van der Waals surface area contributed by atoms with Crippen LogP contribution in [0.5, 0.6) is 5.75 Å². The molecule has 26 heavy (non-hydrogen) atoms. The average Bonchev–Trinajstić information content (AvgIpc) is 2.93. The molecule has 0 aromatic heterocycles. The monoisotopic (exact) mass is 354 g/mol. The maximum Gasteiger partial charge on any atom is 0.325 e. The number of aliphatic hydroxyl groups is 1. The van der Waals surface area contributed by atoms with Crippen molar-refractivity contribution in [2.24, 2.45) is 0 Å². The fourth-order valence-electron chi connectivity index (χ4n) is 3.26. The Morgan fingerprint density at radius 1 is 1.12 bits per heavy atom. The van der Waals surface area contributed by atoms with Gasteiger partial charge in [-0.2, -0.15) is 0 Å². The van der Waals surface area contributed by atoms with E-state index in [9.17, 15) is 14.7 Å². The summed E-state index contributed by atoms with van der Waals surface area (Å²) < 4.78 is 5.15. The molecule has 0 saturated carbocycles. The minimum atomic E-state index is -1.13. The lowest BCUT2D eigenvalue weighted by Gasteiger charge is -2.26. The van der Waals surface area contributed by atoms with Crippen LogP contribution in [0.2, 0.25) is 0 Å². The lowest BCUT2D eigenvalue weighted by Crippen LogP contribution is -2.43. The molecule has 2 aromatic carbocycles. The minimum Gasteiger partial charge on any atom is -0.497 e. The highest BCUT2D eigenvalue weighted by molar-refractivity contribution is 6.07. The molecular formula is C20H22N2O4. The van der Waals surface area contributed by atoms with Crippen molar-refractivity contribution < 1.29 is 19.4 Å². The Hall–Kier alpha value is -2.86. The number of carbonyl (C=O) groups is 2. The predicted molar refractivity (Wildman–Crippen MR) is 96.6 cm³/mol. The maximum atomic E-state index is 13.1. The highest BCUT2D eigenvalue weighted by Crippen LogP contribution is 2.34. The van der Waals surface area contributed by atoms with Gasteiger partial charge in [-0.1, -0.05) is 49.4 Å². The van der Waals surface area contributed by atoms with Gasteiger partial charge in [-0.3, -0.25) is 9.69 Å². The number of amides is 3. The molecule has 1 aliphatic rings. The van der Waals surface area contributed by atoms with Crippen LogP contribution in [0.15, 0.2) is 54.6 Å². The zero-order valence-electron chi connectivity index (χ0n) is 14.8. The highest BCUT2D eigenvalue weighted by atomic mass is 16.5. The molecule has 0 aliphatic carbocycles. The first kappa shape index (κ1) is 17.9. The summed E-state index contributed by atoms with van der Waals surface area (Å²) in [5, 5.41) is 13.2. The summed E-state index contributed by atoms with van der Waals surface area (Å²) in [7, 11) is 1.57. The SMILES string of the molecule is CC[C@]1(c2ccc(OC)cc2)NC(=O)N(C[C@H](O)c2ccccc2)C1=O. The zero-order valence-corrected chi connectivity index (χ0v) is 14.8. The summed E-state index contributed by atoms with van der Waals surface area (Å²) in [6.45, 7) is 1.76. The van der Waals surface area contributed by atoms with Crippen molar-refractivity contribution in [2.75, 3.05) is 13.7 Å². The van der Waals surface area contributed by atoms with Crippen LogP contribution in [0, 0.1) is 0 Å². The lowest BCUT2D eigenvalue weighted by atomic mass is 9.87. The molecule has 2 N–H and O–H groups in total. The van der Waals surface area contributed by atoms with E-state index in [2.05, 4.69) is 5.32 Å². The van der Waals surface area contributed by atoms with E-state index in [1.807, 2.05) is 13.0 Å². The number of β-amino-alcohol motifs (C(OH)–C–C–N with tert-alkyl or cyclic N) is 1. The van der Waals surface area contributed by atoms with Crippen LogP contribution >= 0.6 is 0 Å². The van der Waals surface area contributed by atoms with Crippen LogP contribution in [0.3, 0.4) is 0 Å². The van der Waals surface area contributed by atoms with Crippen molar-refractivity contribution in [3.8, 4) is 5.75 Å². The Morgan fingerprint density at radius 2 is 1.77 bits per heavy atom. The molecule has 3 amide bonds. The van der Waals surface area contributed by atoms with E-state index in [-0.39, 0.29) is 12.5 Å². The number of rotatable bonds is 6. The van der Waals surface area contributed by atoms with Crippen LogP contribution in [0.4, 0.5) is 4.79 Å². The summed E-state index contributed by atoms with van der Waals surface area (Å²) >= 11 is 0. The number of urea groups is 1. The van der Waals surface area contributed by atoms with E-state index in [1.165, 1.54) is 0 Å². The van der Waals surface area contributed by atoms with Crippen molar-refractivity contribution in [1.82, 2.24) is 10.2 Å². The van der Waals surface area contributed by atoms with Crippen molar-refractivity contribution in [2.45, 2.75) is 25.0 Å². The van der Waals surface area contributed by atoms with Crippen molar-refractivity contribution in [3.63, 3.8) is 0 Å². The van der Waals surface area contributed by atoms with Crippen LogP contribution in [0.1, 0.15) is 30.6 Å². The van der Waals surface area contributed by atoms with Gasteiger partial charge >= 0.3 is 6.03 Å². The second-order valence-electron chi connectivity index (χ2n) is 6.26. The van der Waals surface area contributed by atoms with Gasteiger partial charge in [-0.05, 0) is 29.7 Å². The Kier molecular flexibility index (Phi) is 4.95. The van der Waals surface area contributed by atoms with Gasteiger partial charge in [0.1, 0.15) is 11.3 Å². The summed E-state index contributed by atoms with van der Waals surface area (Å²) in [5.41, 5.74) is 0.224. The number of hydrogen-bond donors (Lipinski definition) is 2. The van der Waals surface area contributed by atoms with Gasteiger partial charge in [0.25, 0.3) is 5.91 Å². The van der Waals surface area contributed by atoms with Gasteiger partial charge < -0.3 is 15.2 Å². The fourth-order valence-corrected chi connectivity index (χ4v) is 3.26. The third-order valence-corrected chi connectivity index (χ3v) is 4.83. The van der Waals surface area contributed by atoms with Crippen molar-refractivity contribution in [1.29, 1.82) is 0 Å². The second-order valence-corrected chi connectivity index (χ2v) is 6.26. The van der Waals surface area contributed by atoms with E-state index in [0.717, 1.165) is 4.90 Å². The molecule has 1 heterocycles. The largest absolute Gasteiger partial charge is 0.497 e. The molecule has 3 rings (SSSR count). The normalized spacial score (nSPS) is 20.8. The number of nitrogens with zero attached hydrogens (tertiary/aromatic N) is 1. The van der Waals surface area contributed by atoms with Gasteiger partial charge in [0.05, 0.1) is 19.8 Å². The van der Waals surface area contributed by atoms with E-state index in [4.69, 9.17) is 4.74 Å². The third kappa shape index (κ3) is 3.04. The fraction of sp³-hybridized carbons (Fsp3) is 0.300. The third-order valence-electron chi connectivity index (χ3n) is 4.83.